The number of hydrogen-bond donors (Lipinski definition) is 0. The maximum absolute atomic E-state index is 13.8. The molecule has 2 fully saturated rings. The van der Waals surface area contributed by atoms with Crippen molar-refractivity contribution in [2.45, 2.75) is 51.2 Å². The lowest BCUT2D eigenvalue weighted by atomic mass is 9.85. The molecule has 2 aromatic carbocycles. The van der Waals surface area contributed by atoms with Crippen molar-refractivity contribution in [3.63, 3.8) is 0 Å². The molecule has 2 aliphatic rings. The molecule has 0 aromatic heterocycles. The number of halogens is 4. The van der Waals surface area contributed by atoms with Gasteiger partial charge in [-0.3, -0.25) is 9.69 Å². The maximum Gasteiger partial charge on any atom is 0.573 e. The van der Waals surface area contributed by atoms with Gasteiger partial charge in [0.15, 0.2) is 0 Å². The van der Waals surface area contributed by atoms with Crippen molar-refractivity contribution in [2.24, 2.45) is 0 Å². The summed E-state index contributed by atoms with van der Waals surface area (Å²) in [5, 5.41) is 0. The molecular weight excluding hydrogens is 464 g/mol. The van der Waals surface area contributed by atoms with Crippen LogP contribution in [0, 0.1) is 12.7 Å². The summed E-state index contributed by atoms with van der Waals surface area (Å²) in [6, 6.07) is 10.2. The van der Waals surface area contributed by atoms with Crippen molar-refractivity contribution in [3.05, 3.63) is 65.0 Å². The summed E-state index contributed by atoms with van der Waals surface area (Å²) >= 11 is 0. The highest BCUT2D eigenvalue weighted by atomic mass is 19.4. The molecule has 0 saturated carbocycles. The second kappa shape index (κ2) is 11.0. The summed E-state index contributed by atoms with van der Waals surface area (Å²) in [6.45, 7) is 5.38. The van der Waals surface area contributed by atoms with Gasteiger partial charge in [0.1, 0.15) is 11.6 Å². The third-order valence-corrected chi connectivity index (χ3v) is 6.71. The molecule has 1 amide bonds. The Balaban J connectivity index is 1.44. The van der Waals surface area contributed by atoms with E-state index < -0.39 is 6.36 Å². The van der Waals surface area contributed by atoms with Gasteiger partial charge in [-0.25, -0.2) is 4.39 Å². The molecule has 2 aliphatic heterocycles. The van der Waals surface area contributed by atoms with Gasteiger partial charge in [-0.05, 0) is 80.2 Å². The first-order valence-electron chi connectivity index (χ1n) is 11.9. The van der Waals surface area contributed by atoms with E-state index in [1.54, 1.807) is 6.07 Å². The van der Waals surface area contributed by atoms with Crippen LogP contribution in [0.2, 0.25) is 0 Å². The molecule has 0 N–H and O–H groups in total. The molecule has 2 heterocycles. The second-order valence-electron chi connectivity index (χ2n) is 9.26. The molecular formula is C26H30F4N2O3. The van der Waals surface area contributed by atoms with Crippen molar-refractivity contribution < 1.29 is 31.8 Å². The van der Waals surface area contributed by atoms with Gasteiger partial charge in [-0.1, -0.05) is 18.2 Å². The van der Waals surface area contributed by atoms with Gasteiger partial charge in [0, 0.05) is 19.0 Å². The highest BCUT2D eigenvalue weighted by Crippen LogP contribution is 2.33. The Morgan fingerprint density at radius 1 is 1.06 bits per heavy atom. The molecule has 2 aromatic rings. The number of carbonyl (C=O) groups excluding carboxylic acids is 1. The Hall–Kier alpha value is -2.65. The number of nitrogens with zero attached hydrogens (tertiary/aromatic N) is 2. The molecule has 0 radical (unpaired) electrons. The van der Waals surface area contributed by atoms with Gasteiger partial charge in [0.25, 0.3) is 0 Å². The SMILES string of the molecule is Cc1cc(F)ccc1C1CN(C(=O)CN2CCCC2)CCC1OCc1ccc(OC(F)(F)F)cc1. The van der Waals surface area contributed by atoms with Crippen molar-refractivity contribution in [3.8, 4) is 5.75 Å². The number of likely N-dealkylation sites (tertiary alicyclic amines) is 2. The molecule has 2 atom stereocenters. The lowest BCUT2D eigenvalue weighted by Gasteiger charge is -2.40. The quantitative estimate of drug-likeness (QED) is 0.507. The molecule has 4 rings (SSSR count). The molecule has 35 heavy (non-hydrogen) atoms. The van der Waals surface area contributed by atoms with Gasteiger partial charge in [-0.15, -0.1) is 13.2 Å². The molecule has 0 aliphatic carbocycles. The van der Waals surface area contributed by atoms with Gasteiger partial charge >= 0.3 is 6.36 Å². The first-order chi connectivity index (χ1) is 16.7. The van der Waals surface area contributed by atoms with Crippen LogP contribution < -0.4 is 4.74 Å². The third-order valence-electron chi connectivity index (χ3n) is 6.71. The second-order valence-corrected chi connectivity index (χ2v) is 9.26. The smallest absolute Gasteiger partial charge is 0.406 e. The summed E-state index contributed by atoms with van der Waals surface area (Å²) < 4.78 is 61.1. The number of ether oxygens (including phenoxy) is 2. The molecule has 0 bridgehead atoms. The number of alkyl halides is 3. The zero-order valence-electron chi connectivity index (χ0n) is 19.7. The Morgan fingerprint density at radius 3 is 2.43 bits per heavy atom. The number of piperidine rings is 1. The van der Waals surface area contributed by atoms with Crippen molar-refractivity contribution in [1.82, 2.24) is 9.80 Å². The summed E-state index contributed by atoms with van der Waals surface area (Å²) in [5.41, 5.74) is 2.44. The average Bonchev–Trinajstić information content (AvgIpc) is 3.31. The van der Waals surface area contributed by atoms with Crippen molar-refractivity contribution in [2.75, 3.05) is 32.7 Å². The summed E-state index contributed by atoms with van der Waals surface area (Å²) in [7, 11) is 0. The van der Waals surface area contributed by atoms with E-state index >= 15 is 0 Å². The van der Waals surface area contributed by atoms with Crippen LogP contribution in [0.3, 0.4) is 0 Å². The summed E-state index contributed by atoms with van der Waals surface area (Å²) in [6.07, 6.45) is -2.12. The normalized spacial score (nSPS) is 21.3. The largest absolute Gasteiger partial charge is 0.573 e. The number of carbonyl (C=O) groups is 1. The van der Waals surface area contributed by atoms with E-state index in [2.05, 4.69) is 9.64 Å². The van der Waals surface area contributed by atoms with Crippen LogP contribution in [0.25, 0.3) is 0 Å². The maximum atomic E-state index is 13.8. The van der Waals surface area contributed by atoms with Crippen LogP contribution in [-0.4, -0.2) is 60.9 Å². The van der Waals surface area contributed by atoms with E-state index in [1.165, 1.54) is 36.4 Å². The first kappa shape index (κ1) is 25.4. The number of amides is 1. The predicted octanol–water partition coefficient (Wildman–Crippen LogP) is 5.03. The van der Waals surface area contributed by atoms with Gasteiger partial charge < -0.3 is 14.4 Å². The Bertz CT molecular complexity index is 1010. The fourth-order valence-electron chi connectivity index (χ4n) is 4.93. The van der Waals surface area contributed by atoms with Gasteiger partial charge in [0.2, 0.25) is 5.91 Å². The summed E-state index contributed by atoms with van der Waals surface area (Å²) in [5.74, 6) is -0.649. The molecule has 9 heteroatoms. The van der Waals surface area contributed by atoms with E-state index in [0.29, 0.717) is 31.6 Å². The van der Waals surface area contributed by atoms with Crippen LogP contribution >= 0.6 is 0 Å². The minimum Gasteiger partial charge on any atom is -0.406 e. The molecule has 2 saturated heterocycles. The van der Waals surface area contributed by atoms with Crippen molar-refractivity contribution >= 4 is 5.91 Å². The van der Waals surface area contributed by atoms with Crippen molar-refractivity contribution in [1.29, 1.82) is 0 Å². The fraction of sp³-hybridized carbons (Fsp3) is 0.500. The molecule has 5 nitrogen and oxygen atoms in total. The van der Waals surface area contributed by atoms with E-state index in [-0.39, 0.29) is 36.1 Å². The average molecular weight is 495 g/mol. The number of rotatable bonds is 7. The highest BCUT2D eigenvalue weighted by Gasteiger charge is 2.35. The fourth-order valence-corrected chi connectivity index (χ4v) is 4.93. The molecule has 2 unspecified atom stereocenters. The van der Waals surface area contributed by atoms with E-state index in [9.17, 15) is 22.4 Å². The van der Waals surface area contributed by atoms with Crippen LogP contribution in [-0.2, 0) is 16.1 Å². The Kier molecular flexibility index (Phi) is 7.96. The minimum atomic E-state index is -4.74. The molecule has 0 spiro atoms. The number of hydrogen-bond acceptors (Lipinski definition) is 4. The van der Waals surface area contributed by atoms with Crippen LogP contribution in [0.1, 0.15) is 41.9 Å². The topological polar surface area (TPSA) is 42.0 Å². The monoisotopic (exact) mass is 494 g/mol. The standard InChI is InChI=1S/C26H30F4N2O3/c1-18-14-20(27)6-9-22(18)23-15-32(25(33)16-31-11-2-3-12-31)13-10-24(23)34-17-19-4-7-21(8-5-19)35-26(28,29)30/h4-9,14,23-24H,2-3,10-13,15-17H2,1H3. The third kappa shape index (κ3) is 6.95. The van der Waals surface area contributed by atoms with Crippen LogP contribution in [0.4, 0.5) is 17.6 Å². The Morgan fingerprint density at radius 2 is 1.77 bits per heavy atom. The van der Waals surface area contributed by atoms with Crippen LogP contribution in [0.5, 0.6) is 5.75 Å². The van der Waals surface area contributed by atoms with Gasteiger partial charge in [0.05, 0.1) is 19.3 Å². The van der Waals surface area contributed by atoms with E-state index in [0.717, 1.165) is 37.1 Å². The zero-order chi connectivity index (χ0) is 25.0. The lowest BCUT2D eigenvalue weighted by molar-refractivity contribution is -0.274. The van der Waals surface area contributed by atoms with Crippen LogP contribution in [0.15, 0.2) is 42.5 Å². The highest BCUT2D eigenvalue weighted by molar-refractivity contribution is 5.78. The number of aryl methyl sites for hydroxylation is 1. The van der Waals surface area contributed by atoms with E-state index in [4.69, 9.17) is 4.74 Å². The minimum absolute atomic E-state index is 0.0929. The lowest BCUT2D eigenvalue weighted by Crippen LogP contribution is -2.48. The zero-order valence-corrected chi connectivity index (χ0v) is 19.7. The Labute approximate surface area is 202 Å². The number of benzene rings is 2. The summed E-state index contributed by atoms with van der Waals surface area (Å²) in [4.78, 5) is 17.0. The van der Waals surface area contributed by atoms with Gasteiger partial charge in [-0.2, -0.15) is 0 Å². The predicted molar refractivity (Wildman–Crippen MR) is 122 cm³/mol. The first-order valence-corrected chi connectivity index (χ1v) is 11.9. The molecule has 190 valence electrons. The van der Waals surface area contributed by atoms with E-state index in [1.807, 2.05) is 11.8 Å².